The average Bonchev–Trinajstić information content (AvgIpc) is 3.12. The topological polar surface area (TPSA) is 106 Å². The highest BCUT2D eigenvalue weighted by Gasteiger charge is 2.14. The molecule has 152 valence electrons. The molecule has 1 aromatic heterocycles. The molecular formula is C21H19N5O3S. The molecule has 0 radical (unpaired) electrons. The Kier molecular flexibility index (Phi) is 5.20. The van der Waals surface area contributed by atoms with E-state index in [9.17, 15) is 13.2 Å². The highest BCUT2D eigenvalue weighted by atomic mass is 32.2. The fourth-order valence-electron chi connectivity index (χ4n) is 2.92. The van der Waals surface area contributed by atoms with Gasteiger partial charge in [0, 0.05) is 11.4 Å². The van der Waals surface area contributed by atoms with Gasteiger partial charge in [-0.1, -0.05) is 35.0 Å². The molecule has 0 spiro atoms. The monoisotopic (exact) mass is 421 g/mol. The second-order valence-corrected chi connectivity index (χ2v) is 8.46. The number of hydrogen-bond donors (Lipinski definition) is 2. The number of sulfonamides is 1. The van der Waals surface area contributed by atoms with Crippen LogP contribution in [0, 0.1) is 6.92 Å². The van der Waals surface area contributed by atoms with Gasteiger partial charge >= 0.3 is 0 Å². The van der Waals surface area contributed by atoms with Gasteiger partial charge in [0.1, 0.15) is 12.1 Å². The number of hydrogen-bond acceptors (Lipinski definition) is 5. The maximum absolute atomic E-state index is 12.5. The van der Waals surface area contributed by atoms with Gasteiger partial charge < -0.3 is 5.32 Å². The van der Waals surface area contributed by atoms with Gasteiger partial charge in [-0.3, -0.25) is 9.52 Å². The standard InChI is InChI=1S/C21H19N5O3S/c1-15-6-12-18(13-7-15)30(28,29)24-17-10-8-16(9-11-17)22-21(27)14-26-20-5-3-2-4-19(20)23-25-26/h2-13,24H,14H2,1H3,(H,22,27). The van der Waals surface area contributed by atoms with E-state index in [2.05, 4.69) is 20.4 Å². The lowest BCUT2D eigenvalue weighted by Gasteiger charge is -2.10. The average molecular weight is 421 g/mol. The Morgan fingerprint density at radius 3 is 2.33 bits per heavy atom. The first-order chi connectivity index (χ1) is 14.4. The van der Waals surface area contributed by atoms with Crippen LogP contribution >= 0.6 is 0 Å². The largest absolute Gasteiger partial charge is 0.324 e. The second kappa shape index (κ2) is 7.96. The summed E-state index contributed by atoms with van der Waals surface area (Å²) in [7, 11) is -3.68. The number of benzene rings is 3. The maximum atomic E-state index is 12.5. The number of carbonyl (C=O) groups excluding carboxylic acids is 1. The molecule has 4 aromatic rings. The summed E-state index contributed by atoms with van der Waals surface area (Å²) >= 11 is 0. The summed E-state index contributed by atoms with van der Waals surface area (Å²) in [5.74, 6) is -0.265. The van der Waals surface area contributed by atoms with Crippen molar-refractivity contribution in [2.24, 2.45) is 0 Å². The number of para-hydroxylation sites is 1. The molecule has 0 bridgehead atoms. The lowest BCUT2D eigenvalue weighted by atomic mass is 10.2. The van der Waals surface area contributed by atoms with E-state index >= 15 is 0 Å². The van der Waals surface area contributed by atoms with Crippen LogP contribution < -0.4 is 10.0 Å². The second-order valence-electron chi connectivity index (χ2n) is 6.78. The van der Waals surface area contributed by atoms with Gasteiger partial charge in [-0.25, -0.2) is 13.1 Å². The summed E-state index contributed by atoms with van der Waals surface area (Å²) in [6.07, 6.45) is 0. The fraction of sp³-hybridized carbons (Fsp3) is 0.0952. The molecule has 0 aliphatic heterocycles. The Hall–Kier alpha value is -3.72. The Morgan fingerprint density at radius 2 is 1.60 bits per heavy atom. The van der Waals surface area contributed by atoms with Crippen LogP contribution in [0.15, 0.2) is 77.7 Å². The van der Waals surface area contributed by atoms with E-state index in [1.165, 1.54) is 4.68 Å². The predicted octanol–water partition coefficient (Wildman–Crippen LogP) is 3.18. The molecule has 8 nitrogen and oxygen atoms in total. The van der Waals surface area contributed by atoms with Crippen molar-refractivity contribution < 1.29 is 13.2 Å². The van der Waals surface area contributed by atoms with Crippen molar-refractivity contribution >= 4 is 38.3 Å². The molecule has 0 atom stereocenters. The molecular weight excluding hydrogens is 402 g/mol. The number of aryl methyl sites for hydroxylation is 1. The summed E-state index contributed by atoms with van der Waals surface area (Å²) in [4.78, 5) is 12.5. The molecule has 1 amide bonds. The Bertz CT molecular complexity index is 1300. The number of anilines is 2. The summed E-state index contributed by atoms with van der Waals surface area (Å²) in [5.41, 5.74) is 3.41. The first-order valence-corrected chi connectivity index (χ1v) is 10.7. The quantitative estimate of drug-likeness (QED) is 0.497. The Morgan fingerprint density at radius 1 is 0.933 bits per heavy atom. The number of fused-ring (bicyclic) bond motifs is 1. The van der Waals surface area contributed by atoms with E-state index < -0.39 is 10.0 Å². The fourth-order valence-corrected chi connectivity index (χ4v) is 3.98. The van der Waals surface area contributed by atoms with Crippen LogP contribution in [0.25, 0.3) is 11.0 Å². The van der Waals surface area contributed by atoms with Crippen molar-refractivity contribution in [3.63, 3.8) is 0 Å². The molecule has 0 saturated carbocycles. The zero-order valence-corrected chi connectivity index (χ0v) is 16.9. The number of aromatic nitrogens is 3. The van der Waals surface area contributed by atoms with Crippen LogP contribution in [0.1, 0.15) is 5.56 Å². The minimum atomic E-state index is -3.68. The third kappa shape index (κ3) is 4.31. The minimum absolute atomic E-state index is 0.0162. The van der Waals surface area contributed by atoms with Crippen LogP contribution in [0.4, 0.5) is 11.4 Å². The molecule has 0 aliphatic rings. The zero-order chi connectivity index (χ0) is 21.1. The van der Waals surface area contributed by atoms with E-state index in [1.807, 2.05) is 31.2 Å². The highest BCUT2D eigenvalue weighted by molar-refractivity contribution is 7.92. The third-order valence-corrected chi connectivity index (χ3v) is 5.86. The molecule has 0 fully saturated rings. The maximum Gasteiger partial charge on any atom is 0.261 e. The Balaban J connectivity index is 1.41. The molecule has 0 unspecified atom stereocenters. The first kappa shape index (κ1) is 19.6. The van der Waals surface area contributed by atoms with Gasteiger partial charge in [-0.2, -0.15) is 0 Å². The molecule has 30 heavy (non-hydrogen) atoms. The van der Waals surface area contributed by atoms with E-state index in [1.54, 1.807) is 48.5 Å². The van der Waals surface area contributed by atoms with Gasteiger partial charge in [0.15, 0.2) is 0 Å². The first-order valence-electron chi connectivity index (χ1n) is 9.18. The van der Waals surface area contributed by atoms with Gasteiger partial charge in [-0.15, -0.1) is 5.10 Å². The number of amides is 1. The van der Waals surface area contributed by atoms with E-state index in [4.69, 9.17) is 0 Å². The molecule has 0 saturated heterocycles. The van der Waals surface area contributed by atoms with Gasteiger partial charge in [0.2, 0.25) is 5.91 Å². The summed E-state index contributed by atoms with van der Waals surface area (Å²) in [5, 5.41) is 10.8. The summed E-state index contributed by atoms with van der Waals surface area (Å²) in [6.45, 7) is 1.91. The van der Waals surface area contributed by atoms with Crippen molar-refractivity contribution in [2.75, 3.05) is 10.0 Å². The molecule has 4 rings (SSSR count). The number of nitrogens with one attached hydrogen (secondary N) is 2. The molecule has 0 aliphatic carbocycles. The van der Waals surface area contributed by atoms with E-state index in [-0.39, 0.29) is 17.3 Å². The molecule has 9 heteroatoms. The molecule has 2 N–H and O–H groups in total. The van der Waals surface area contributed by atoms with Crippen molar-refractivity contribution in [2.45, 2.75) is 18.4 Å². The van der Waals surface area contributed by atoms with Crippen molar-refractivity contribution in [1.82, 2.24) is 15.0 Å². The number of rotatable bonds is 6. The highest BCUT2D eigenvalue weighted by Crippen LogP contribution is 2.19. The normalized spacial score (nSPS) is 11.4. The van der Waals surface area contributed by atoms with Gasteiger partial charge in [-0.05, 0) is 55.5 Å². The van der Waals surface area contributed by atoms with Gasteiger partial charge in [0.25, 0.3) is 10.0 Å². The zero-order valence-electron chi connectivity index (χ0n) is 16.1. The SMILES string of the molecule is Cc1ccc(S(=O)(=O)Nc2ccc(NC(=O)Cn3nnc4ccccc43)cc2)cc1. The van der Waals surface area contributed by atoms with Crippen LogP contribution in [-0.4, -0.2) is 29.3 Å². The van der Waals surface area contributed by atoms with Crippen molar-refractivity contribution in [3.8, 4) is 0 Å². The van der Waals surface area contributed by atoms with Crippen LogP contribution in [0.2, 0.25) is 0 Å². The third-order valence-electron chi connectivity index (χ3n) is 4.47. The van der Waals surface area contributed by atoms with Crippen LogP contribution in [0.5, 0.6) is 0 Å². The Labute approximate surface area is 173 Å². The summed E-state index contributed by atoms with van der Waals surface area (Å²) in [6, 6.07) is 20.4. The molecule has 3 aromatic carbocycles. The lowest BCUT2D eigenvalue weighted by Crippen LogP contribution is -2.19. The van der Waals surface area contributed by atoms with Crippen LogP contribution in [0.3, 0.4) is 0 Å². The number of nitrogens with zero attached hydrogens (tertiary/aromatic N) is 3. The van der Waals surface area contributed by atoms with Gasteiger partial charge in [0.05, 0.1) is 10.4 Å². The summed E-state index contributed by atoms with van der Waals surface area (Å²) < 4.78 is 29.0. The van der Waals surface area contributed by atoms with Crippen molar-refractivity contribution in [1.29, 1.82) is 0 Å². The van der Waals surface area contributed by atoms with Crippen molar-refractivity contribution in [3.05, 3.63) is 78.4 Å². The predicted molar refractivity (Wildman–Crippen MR) is 115 cm³/mol. The minimum Gasteiger partial charge on any atom is -0.324 e. The smallest absolute Gasteiger partial charge is 0.261 e. The number of carbonyl (C=O) groups is 1. The van der Waals surface area contributed by atoms with E-state index in [0.717, 1.165) is 16.6 Å². The lowest BCUT2D eigenvalue weighted by molar-refractivity contribution is -0.116. The van der Waals surface area contributed by atoms with Crippen LogP contribution in [-0.2, 0) is 21.4 Å². The van der Waals surface area contributed by atoms with E-state index in [0.29, 0.717) is 11.4 Å². The molecule has 1 heterocycles.